The Morgan fingerprint density at radius 3 is 2.61 bits per heavy atom. The molecule has 0 radical (unpaired) electrons. The van der Waals surface area contributed by atoms with Crippen LogP contribution in [-0.4, -0.2) is 51.3 Å². The second-order valence-electron chi connectivity index (χ2n) is 9.91. The van der Waals surface area contributed by atoms with Crippen LogP contribution in [0.3, 0.4) is 0 Å². The summed E-state index contributed by atoms with van der Waals surface area (Å²) in [4.78, 5) is 26.8. The van der Waals surface area contributed by atoms with Gasteiger partial charge < -0.3 is 29.6 Å². The van der Waals surface area contributed by atoms with Crippen molar-refractivity contribution in [2.45, 2.75) is 63.6 Å². The predicted molar refractivity (Wildman–Crippen MR) is 151 cm³/mol. The lowest BCUT2D eigenvalue weighted by Crippen LogP contribution is -2.21. The molecule has 41 heavy (non-hydrogen) atoms. The van der Waals surface area contributed by atoms with Crippen LogP contribution in [0, 0.1) is 22.0 Å². The number of aliphatic hydroxyl groups excluding tert-OH is 3. The molecule has 0 aliphatic heterocycles. The van der Waals surface area contributed by atoms with Crippen molar-refractivity contribution in [3.63, 3.8) is 0 Å². The van der Waals surface area contributed by atoms with Gasteiger partial charge in [0.25, 0.3) is 5.09 Å². The highest BCUT2D eigenvalue weighted by Crippen LogP contribution is 2.36. The van der Waals surface area contributed by atoms with Gasteiger partial charge in [0.05, 0.1) is 12.2 Å². The maximum Gasteiger partial charge on any atom is 0.306 e. The minimum absolute atomic E-state index is 0.0283. The van der Waals surface area contributed by atoms with E-state index >= 15 is 0 Å². The maximum absolute atomic E-state index is 12.1. The highest BCUT2D eigenvalue weighted by Gasteiger charge is 2.39. The third-order valence-electron chi connectivity index (χ3n) is 6.74. The number of carbonyl (C=O) groups is 1. The largest absolute Gasteiger partial charge is 0.491 e. The molecule has 0 saturated heterocycles. The van der Waals surface area contributed by atoms with Crippen molar-refractivity contribution < 1.29 is 39.5 Å². The molecule has 2 aromatic rings. The summed E-state index contributed by atoms with van der Waals surface area (Å²) >= 11 is 5.94. The summed E-state index contributed by atoms with van der Waals surface area (Å²) in [6, 6.07) is 13.7. The lowest BCUT2D eigenvalue weighted by atomic mass is 9.89. The van der Waals surface area contributed by atoms with Crippen molar-refractivity contribution >= 4 is 17.6 Å². The van der Waals surface area contributed by atoms with E-state index in [9.17, 15) is 30.2 Å². The van der Waals surface area contributed by atoms with E-state index in [0.29, 0.717) is 41.2 Å². The fourth-order valence-corrected chi connectivity index (χ4v) is 4.85. The molecule has 0 amide bonds. The van der Waals surface area contributed by atoms with Crippen LogP contribution in [0.25, 0.3) is 0 Å². The first-order valence-electron chi connectivity index (χ1n) is 13.5. The summed E-state index contributed by atoms with van der Waals surface area (Å²) in [5.74, 6) is -0.307. The Hall–Kier alpha value is -3.44. The number of esters is 1. The Labute approximate surface area is 243 Å². The van der Waals surface area contributed by atoms with Crippen LogP contribution in [0.5, 0.6) is 5.75 Å². The SMILES string of the molecule is O=C(CCC/C=C\C[C@@H]1[C@@H](/C=C/[C@@H](O)COc2cccc(Cl)c2)[C@H](O)C[C@@H]1O)OCc1cccc(CO[N+](=O)[O-])c1. The number of rotatable bonds is 16. The van der Waals surface area contributed by atoms with E-state index in [1.807, 2.05) is 12.2 Å². The summed E-state index contributed by atoms with van der Waals surface area (Å²) in [6.45, 7) is -0.0730. The fraction of sp³-hybridized carbons (Fsp3) is 0.433. The van der Waals surface area contributed by atoms with Gasteiger partial charge in [0.15, 0.2) is 0 Å². The van der Waals surface area contributed by atoms with Gasteiger partial charge in [-0.05, 0) is 54.5 Å². The van der Waals surface area contributed by atoms with Gasteiger partial charge in [-0.25, -0.2) is 0 Å². The van der Waals surface area contributed by atoms with Crippen LogP contribution in [0.2, 0.25) is 5.02 Å². The van der Waals surface area contributed by atoms with Gasteiger partial charge in [0.1, 0.15) is 31.7 Å². The van der Waals surface area contributed by atoms with Crippen LogP contribution in [0.15, 0.2) is 72.8 Å². The van der Waals surface area contributed by atoms with E-state index < -0.39 is 23.4 Å². The number of unbranched alkanes of at least 4 members (excludes halogenated alkanes) is 1. The van der Waals surface area contributed by atoms with E-state index in [4.69, 9.17) is 21.1 Å². The molecule has 0 spiro atoms. The Morgan fingerprint density at radius 1 is 1.10 bits per heavy atom. The molecule has 2 aromatic carbocycles. The first-order chi connectivity index (χ1) is 19.7. The van der Waals surface area contributed by atoms with E-state index in [1.54, 1.807) is 60.7 Å². The lowest BCUT2D eigenvalue weighted by Gasteiger charge is -2.19. The molecule has 0 bridgehead atoms. The molecule has 1 fully saturated rings. The molecule has 0 heterocycles. The fourth-order valence-electron chi connectivity index (χ4n) is 4.66. The van der Waals surface area contributed by atoms with Crippen LogP contribution in [-0.2, 0) is 27.6 Å². The summed E-state index contributed by atoms with van der Waals surface area (Å²) in [7, 11) is 0. The number of carbonyl (C=O) groups excluding carboxylic acids is 1. The summed E-state index contributed by atoms with van der Waals surface area (Å²) < 4.78 is 10.8. The van der Waals surface area contributed by atoms with Crippen molar-refractivity contribution in [1.29, 1.82) is 0 Å². The minimum Gasteiger partial charge on any atom is -0.491 e. The smallest absolute Gasteiger partial charge is 0.306 e. The Morgan fingerprint density at radius 2 is 1.85 bits per heavy atom. The molecule has 5 atom stereocenters. The van der Waals surface area contributed by atoms with Crippen molar-refractivity contribution in [3.05, 3.63) is 99.1 Å². The van der Waals surface area contributed by atoms with Crippen LogP contribution < -0.4 is 4.74 Å². The van der Waals surface area contributed by atoms with Crippen LogP contribution in [0.4, 0.5) is 0 Å². The predicted octanol–water partition coefficient (Wildman–Crippen LogP) is 4.56. The Bertz CT molecular complexity index is 1190. The first kappa shape index (κ1) is 32.1. The number of allylic oxidation sites excluding steroid dienone is 2. The van der Waals surface area contributed by atoms with Gasteiger partial charge in [-0.2, -0.15) is 0 Å². The topological polar surface area (TPSA) is 149 Å². The van der Waals surface area contributed by atoms with Crippen molar-refractivity contribution in [3.8, 4) is 5.75 Å². The zero-order valence-corrected chi connectivity index (χ0v) is 23.3. The number of hydrogen-bond acceptors (Lipinski definition) is 9. The van der Waals surface area contributed by atoms with E-state index in [2.05, 4.69) is 4.84 Å². The monoisotopic (exact) mass is 589 g/mol. The highest BCUT2D eigenvalue weighted by atomic mass is 35.5. The zero-order valence-electron chi connectivity index (χ0n) is 22.6. The van der Waals surface area contributed by atoms with Gasteiger partial charge in [-0.15, -0.1) is 10.1 Å². The summed E-state index contributed by atoms with van der Waals surface area (Å²) in [5, 5.41) is 41.2. The Kier molecular flexibility index (Phi) is 13.1. The number of hydrogen-bond donors (Lipinski definition) is 3. The van der Waals surface area contributed by atoms with E-state index in [0.717, 1.165) is 0 Å². The molecular weight excluding hydrogens is 554 g/mol. The van der Waals surface area contributed by atoms with Gasteiger partial charge in [-0.1, -0.05) is 66.2 Å². The Balaban J connectivity index is 1.36. The van der Waals surface area contributed by atoms with Gasteiger partial charge in [-0.3, -0.25) is 4.79 Å². The van der Waals surface area contributed by atoms with Crippen LogP contribution >= 0.6 is 11.6 Å². The van der Waals surface area contributed by atoms with E-state index in [1.165, 1.54) is 0 Å². The minimum atomic E-state index is -0.888. The zero-order chi connectivity index (χ0) is 29.6. The molecule has 11 heteroatoms. The molecule has 3 N–H and O–H groups in total. The standard InChI is InChI=1S/C30H36ClNO9/c31-23-9-6-10-25(16-23)39-20-24(33)13-14-27-26(28(34)17-29(27)35)11-3-1-2-4-12-30(36)40-18-21-7-5-8-22(15-21)19-41-32(37)38/h1,3,5-10,13-16,24,26-29,33-35H,2,4,11-12,17-20H2/b3-1-,14-13+/t24-,26-,27-,28+,29-/m1/s1. The molecular formula is C30H36ClNO9. The molecule has 3 rings (SSSR count). The summed E-state index contributed by atoms with van der Waals surface area (Å²) in [5.41, 5.74) is 1.32. The number of halogens is 1. The quantitative estimate of drug-likeness (QED) is 0.0842. The molecule has 0 aromatic heterocycles. The number of benzene rings is 2. The third kappa shape index (κ3) is 11.5. The second kappa shape index (κ2) is 16.7. The normalized spacial score (nSPS) is 21.3. The van der Waals surface area contributed by atoms with Gasteiger partial charge in [0, 0.05) is 23.8 Å². The summed E-state index contributed by atoms with van der Waals surface area (Å²) in [6.07, 6.45) is 7.22. The van der Waals surface area contributed by atoms with Gasteiger partial charge in [0.2, 0.25) is 0 Å². The number of ether oxygens (including phenoxy) is 2. The average Bonchev–Trinajstić information content (AvgIpc) is 3.21. The lowest BCUT2D eigenvalue weighted by molar-refractivity contribution is -0.763. The van der Waals surface area contributed by atoms with Crippen molar-refractivity contribution in [2.24, 2.45) is 11.8 Å². The third-order valence-corrected chi connectivity index (χ3v) is 6.98. The number of nitrogens with zero attached hydrogens (tertiary/aromatic N) is 1. The van der Waals surface area contributed by atoms with Crippen molar-refractivity contribution in [2.75, 3.05) is 6.61 Å². The van der Waals surface area contributed by atoms with Crippen molar-refractivity contribution in [1.82, 2.24) is 0 Å². The molecule has 222 valence electrons. The number of aliphatic hydroxyl groups is 3. The second-order valence-corrected chi connectivity index (χ2v) is 10.3. The maximum atomic E-state index is 12.1. The molecule has 1 aliphatic carbocycles. The molecule has 0 unspecified atom stereocenters. The average molecular weight is 590 g/mol. The molecule has 10 nitrogen and oxygen atoms in total. The first-order valence-corrected chi connectivity index (χ1v) is 13.9. The highest BCUT2D eigenvalue weighted by molar-refractivity contribution is 6.30. The van der Waals surface area contributed by atoms with E-state index in [-0.39, 0.29) is 50.5 Å². The van der Waals surface area contributed by atoms with Crippen LogP contribution in [0.1, 0.15) is 43.2 Å². The van der Waals surface area contributed by atoms with Gasteiger partial charge >= 0.3 is 5.97 Å². The molecule has 1 aliphatic rings. The molecule has 1 saturated carbocycles.